The first kappa shape index (κ1) is 18.4. The Kier molecular flexibility index (Phi) is 7.51. The number of hydrogen-bond acceptors (Lipinski definition) is 4. The molecule has 1 aromatic carbocycles. The van der Waals surface area contributed by atoms with Crippen LogP contribution in [0.4, 0.5) is 0 Å². The number of aromatic nitrogens is 1. The minimum absolute atomic E-state index is 0.250. The maximum Gasteiger partial charge on any atom is 0.373 e. The lowest BCUT2D eigenvalue weighted by molar-refractivity contribution is -0.191. The average molecular weight is 315 g/mol. The van der Waals surface area contributed by atoms with Gasteiger partial charge in [-0.1, -0.05) is 43.7 Å². The van der Waals surface area contributed by atoms with Crippen LogP contribution in [-0.2, 0) is 27.4 Å². The summed E-state index contributed by atoms with van der Waals surface area (Å²) in [4.78, 5) is 31.6. The quantitative estimate of drug-likeness (QED) is 0.858. The number of esters is 1. The number of ether oxygens (including phenoxy) is 1. The molecular weight excluding hydrogens is 294 g/mol. The van der Waals surface area contributed by atoms with E-state index in [2.05, 4.69) is 11.9 Å². The Morgan fingerprint density at radius 1 is 1.17 bits per heavy atom. The molecule has 0 aliphatic carbocycles. The predicted octanol–water partition coefficient (Wildman–Crippen LogP) is 3.36. The highest BCUT2D eigenvalue weighted by Crippen LogP contribution is 2.20. The summed E-state index contributed by atoms with van der Waals surface area (Å²) in [5.74, 6) is -0.281. The standard InChI is InChI=1S/C17H21NO2.CO2/c1-4-8-15-12(2)16(18-13(15)3)17(19)20-11-14-9-6-5-7-10-14;2-1-3/h5-7,9-10,18H,4,8,11H2,1-3H3;. The largest absolute Gasteiger partial charge is 0.456 e. The number of nitrogens with one attached hydrogen (secondary N) is 1. The number of aromatic amines is 1. The van der Waals surface area contributed by atoms with Gasteiger partial charge < -0.3 is 9.72 Å². The first-order chi connectivity index (χ1) is 11.0. The average Bonchev–Trinajstić information content (AvgIpc) is 2.83. The van der Waals surface area contributed by atoms with E-state index in [0.29, 0.717) is 12.3 Å². The molecule has 2 aromatic rings. The van der Waals surface area contributed by atoms with E-state index in [1.165, 1.54) is 5.56 Å². The minimum atomic E-state index is -0.281. The third-order valence-corrected chi connectivity index (χ3v) is 3.51. The zero-order chi connectivity index (χ0) is 17.2. The smallest absolute Gasteiger partial charge is 0.373 e. The summed E-state index contributed by atoms with van der Waals surface area (Å²) in [6, 6.07) is 9.71. The molecule has 0 spiro atoms. The highest BCUT2D eigenvalue weighted by molar-refractivity contribution is 5.89. The summed E-state index contributed by atoms with van der Waals surface area (Å²) in [5, 5.41) is 0. The summed E-state index contributed by atoms with van der Waals surface area (Å²) in [7, 11) is 0. The van der Waals surface area contributed by atoms with E-state index in [-0.39, 0.29) is 12.1 Å². The molecule has 5 heteroatoms. The highest BCUT2D eigenvalue weighted by Gasteiger charge is 2.17. The second-order valence-corrected chi connectivity index (χ2v) is 5.12. The molecule has 0 atom stereocenters. The van der Waals surface area contributed by atoms with Crippen LogP contribution in [0.25, 0.3) is 0 Å². The van der Waals surface area contributed by atoms with Crippen molar-refractivity contribution in [3.63, 3.8) is 0 Å². The monoisotopic (exact) mass is 315 g/mol. The van der Waals surface area contributed by atoms with Crippen LogP contribution in [0.2, 0.25) is 0 Å². The number of rotatable bonds is 5. The number of carbonyl (C=O) groups excluding carboxylic acids is 3. The number of benzene rings is 1. The zero-order valence-electron chi connectivity index (χ0n) is 13.6. The Morgan fingerprint density at radius 2 is 1.78 bits per heavy atom. The van der Waals surface area contributed by atoms with Crippen molar-refractivity contribution in [2.45, 2.75) is 40.2 Å². The normalized spacial score (nSPS) is 9.52. The van der Waals surface area contributed by atoms with Crippen molar-refractivity contribution in [2.24, 2.45) is 0 Å². The lowest BCUT2D eigenvalue weighted by atomic mass is 10.1. The van der Waals surface area contributed by atoms with Crippen LogP contribution in [0, 0.1) is 13.8 Å². The van der Waals surface area contributed by atoms with Crippen molar-refractivity contribution < 1.29 is 19.1 Å². The van der Waals surface area contributed by atoms with Crippen LogP contribution in [0.1, 0.15) is 46.2 Å². The van der Waals surface area contributed by atoms with E-state index in [1.807, 2.05) is 44.2 Å². The van der Waals surface area contributed by atoms with Crippen molar-refractivity contribution >= 4 is 12.1 Å². The second kappa shape index (κ2) is 9.38. The minimum Gasteiger partial charge on any atom is -0.456 e. The Balaban J connectivity index is 0.000000816. The third kappa shape index (κ3) is 5.24. The molecule has 1 N–H and O–H groups in total. The van der Waals surface area contributed by atoms with Crippen LogP contribution in [0.15, 0.2) is 30.3 Å². The Bertz CT molecular complexity index is 668. The van der Waals surface area contributed by atoms with Gasteiger partial charge in [0.1, 0.15) is 12.3 Å². The molecule has 2 rings (SSSR count). The molecule has 23 heavy (non-hydrogen) atoms. The van der Waals surface area contributed by atoms with E-state index in [9.17, 15) is 4.79 Å². The SMILES string of the molecule is CCCc1c(C)[nH]c(C(=O)OCc2ccccc2)c1C.O=C=O. The molecule has 1 heterocycles. The van der Waals surface area contributed by atoms with Crippen LogP contribution in [0.3, 0.4) is 0 Å². The molecule has 0 amide bonds. The van der Waals surface area contributed by atoms with Crippen molar-refractivity contribution in [3.8, 4) is 0 Å². The molecule has 0 aliphatic heterocycles. The molecule has 0 radical (unpaired) electrons. The Labute approximate surface area is 135 Å². The fourth-order valence-electron chi connectivity index (χ4n) is 2.41. The lowest BCUT2D eigenvalue weighted by Crippen LogP contribution is -2.07. The van der Waals surface area contributed by atoms with Crippen molar-refractivity contribution in [3.05, 3.63) is 58.4 Å². The fourth-order valence-corrected chi connectivity index (χ4v) is 2.41. The van der Waals surface area contributed by atoms with Crippen molar-refractivity contribution in [2.75, 3.05) is 0 Å². The summed E-state index contributed by atoms with van der Waals surface area (Å²) in [5.41, 5.74) is 4.90. The van der Waals surface area contributed by atoms with E-state index in [0.717, 1.165) is 29.7 Å². The summed E-state index contributed by atoms with van der Waals surface area (Å²) < 4.78 is 5.37. The van der Waals surface area contributed by atoms with Crippen LogP contribution in [0.5, 0.6) is 0 Å². The van der Waals surface area contributed by atoms with Gasteiger partial charge in [0.15, 0.2) is 0 Å². The molecule has 0 aliphatic rings. The number of carbonyl (C=O) groups is 1. The van der Waals surface area contributed by atoms with Crippen LogP contribution >= 0.6 is 0 Å². The summed E-state index contributed by atoms with van der Waals surface area (Å²) in [6.07, 6.45) is 2.30. The lowest BCUT2D eigenvalue weighted by Gasteiger charge is -2.05. The first-order valence-corrected chi connectivity index (χ1v) is 7.43. The topological polar surface area (TPSA) is 76.2 Å². The summed E-state index contributed by atoms with van der Waals surface area (Å²) in [6.45, 7) is 6.43. The molecule has 0 fully saturated rings. The summed E-state index contributed by atoms with van der Waals surface area (Å²) >= 11 is 0. The van der Waals surface area contributed by atoms with Crippen LogP contribution in [-0.4, -0.2) is 17.1 Å². The second-order valence-electron chi connectivity index (χ2n) is 5.12. The van der Waals surface area contributed by atoms with Gasteiger partial charge in [0.25, 0.3) is 0 Å². The molecule has 0 saturated carbocycles. The molecule has 0 saturated heterocycles. The first-order valence-electron chi connectivity index (χ1n) is 7.43. The molecule has 0 bridgehead atoms. The van der Waals surface area contributed by atoms with E-state index >= 15 is 0 Å². The van der Waals surface area contributed by atoms with Gasteiger partial charge in [0, 0.05) is 5.69 Å². The molecule has 5 nitrogen and oxygen atoms in total. The molecule has 122 valence electrons. The molecule has 1 aromatic heterocycles. The van der Waals surface area contributed by atoms with E-state index < -0.39 is 0 Å². The van der Waals surface area contributed by atoms with Gasteiger partial charge in [-0.3, -0.25) is 0 Å². The molecular formula is C18H21NO4. The van der Waals surface area contributed by atoms with Crippen molar-refractivity contribution in [1.82, 2.24) is 4.98 Å². The maximum atomic E-state index is 12.2. The Morgan fingerprint density at radius 3 is 2.35 bits per heavy atom. The van der Waals surface area contributed by atoms with E-state index in [1.54, 1.807) is 0 Å². The van der Waals surface area contributed by atoms with Gasteiger partial charge in [-0.2, -0.15) is 9.59 Å². The highest BCUT2D eigenvalue weighted by atomic mass is 16.5. The predicted molar refractivity (Wildman–Crippen MR) is 84.8 cm³/mol. The molecule has 0 unspecified atom stereocenters. The van der Waals surface area contributed by atoms with Gasteiger partial charge in [-0.25, -0.2) is 4.79 Å². The number of H-pyrrole nitrogens is 1. The zero-order valence-corrected chi connectivity index (χ0v) is 13.6. The Hall–Kier alpha value is -2.65. The third-order valence-electron chi connectivity index (χ3n) is 3.51. The van der Waals surface area contributed by atoms with Crippen molar-refractivity contribution in [1.29, 1.82) is 0 Å². The van der Waals surface area contributed by atoms with Gasteiger partial charge >= 0.3 is 12.1 Å². The van der Waals surface area contributed by atoms with Gasteiger partial charge in [-0.05, 0) is 37.0 Å². The maximum absolute atomic E-state index is 12.2. The van der Waals surface area contributed by atoms with Crippen LogP contribution < -0.4 is 0 Å². The van der Waals surface area contributed by atoms with E-state index in [4.69, 9.17) is 14.3 Å². The van der Waals surface area contributed by atoms with Gasteiger partial charge in [0.2, 0.25) is 0 Å². The fraction of sp³-hybridized carbons (Fsp3) is 0.333. The number of aryl methyl sites for hydroxylation is 1. The number of hydrogen-bond donors (Lipinski definition) is 1. The van der Waals surface area contributed by atoms with Gasteiger partial charge in [-0.15, -0.1) is 0 Å². The van der Waals surface area contributed by atoms with Gasteiger partial charge in [0.05, 0.1) is 0 Å².